The van der Waals surface area contributed by atoms with Gasteiger partial charge in [0.2, 0.25) is 0 Å². The third kappa shape index (κ3) is 4.30. The van der Waals surface area contributed by atoms with Gasteiger partial charge in [-0.1, -0.05) is 32.1 Å². The fourth-order valence-electron chi connectivity index (χ4n) is 4.51. The summed E-state index contributed by atoms with van der Waals surface area (Å²) >= 11 is 0. The highest BCUT2D eigenvalue weighted by Gasteiger charge is 2.50. The molecule has 0 aromatic heterocycles. The molecule has 0 aliphatic heterocycles. The molecule has 0 spiro atoms. The quantitative estimate of drug-likeness (QED) is 0.685. The topological polar surface area (TPSA) is 41.9 Å². The van der Waals surface area contributed by atoms with Crippen molar-refractivity contribution in [3.05, 3.63) is 41.5 Å². The van der Waals surface area contributed by atoms with Crippen LogP contribution in [0.2, 0.25) is 0 Å². The number of aliphatic hydroxyl groups excluding tert-OH is 1. The molecule has 4 nitrogen and oxygen atoms in total. The number of aliphatic hydroxyl groups is 1. The van der Waals surface area contributed by atoms with Gasteiger partial charge in [-0.25, -0.2) is 0 Å². The smallest absolute Gasteiger partial charge is 0.119 e. The summed E-state index contributed by atoms with van der Waals surface area (Å²) in [6, 6.07) is 8.04. The Morgan fingerprint density at radius 2 is 2.15 bits per heavy atom. The van der Waals surface area contributed by atoms with Crippen LogP contribution in [0.15, 0.2) is 35.9 Å². The van der Waals surface area contributed by atoms with Crippen LogP contribution in [-0.4, -0.2) is 50.0 Å². The van der Waals surface area contributed by atoms with E-state index >= 15 is 0 Å². The summed E-state index contributed by atoms with van der Waals surface area (Å²) in [5, 5.41) is 10.3. The van der Waals surface area contributed by atoms with Gasteiger partial charge in [0.25, 0.3) is 0 Å². The van der Waals surface area contributed by atoms with Crippen molar-refractivity contribution in [2.75, 3.05) is 33.9 Å². The first kappa shape index (κ1) is 19.4. The van der Waals surface area contributed by atoms with Crippen molar-refractivity contribution >= 4 is 0 Å². The number of benzene rings is 1. The van der Waals surface area contributed by atoms with E-state index in [0.29, 0.717) is 31.1 Å². The van der Waals surface area contributed by atoms with Crippen molar-refractivity contribution in [2.45, 2.75) is 39.3 Å². The Morgan fingerprint density at radius 1 is 1.35 bits per heavy atom. The molecule has 3 aliphatic rings. The lowest BCUT2D eigenvalue weighted by molar-refractivity contribution is -0.0257. The molecule has 4 rings (SSSR count). The van der Waals surface area contributed by atoms with Crippen LogP contribution in [0, 0.1) is 17.3 Å². The molecule has 1 N–H and O–H groups in total. The first-order valence-electron chi connectivity index (χ1n) is 9.66. The van der Waals surface area contributed by atoms with Gasteiger partial charge in [-0.2, -0.15) is 0 Å². The maximum Gasteiger partial charge on any atom is 0.119 e. The predicted octanol–water partition coefficient (Wildman–Crippen LogP) is 3.50. The van der Waals surface area contributed by atoms with E-state index in [9.17, 15) is 5.11 Å². The van der Waals surface area contributed by atoms with Gasteiger partial charge in [0.15, 0.2) is 0 Å². The third-order valence-corrected chi connectivity index (χ3v) is 6.27. The second-order valence-electron chi connectivity index (χ2n) is 8.54. The van der Waals surface area contributed by atoms with E-state index in [2.05, 4.69) is 30.9 Å². The molecule has 3 aliphatic carbocycles. The SMILES string of the molecule is COc1cccc(CN(C)C[C@@H](O)COCC2=CC[C@@H]3C[C@@H]2C3(C)C)c1. The summed E-state index contributed by atoms with van der Waals surface area (Å²) in [5.74, 6) is 2.39. The largest absolute Gasteiger partial charge is 0.497 e. The normalized spacial score (nSPS) is 24.8. The molecular formula is C22H33NO3. The highest BCUT2D eigenvalue weighted by atomic mass is 16.5. The number of rotatable bonds is 9. The van der Waals surface area contributed by atoms with Gasteiger partial charge in [0.05, 0.1) is 26.4 Å². The number of ether oxygens (including phenoxy) is 2. The maximum atomic E-state index is 10.3. The van der Waals surface area contributed by atoms with E-state index in [1.807, 2.05) is 25.2 Å². The number of fused-ring (bicyclic) bond motifs is 1. The van der Waals surface area contributed by atoms with Crippen LogP contribution in [0.25, 0.3) is 0 Å². The van der Waals surface area contributed by atoms with Crippen LogP contribution >= 0.6 is 0 Å². The van der Waals surface area contributed by atoms with Crippen molar-refractivity contribution in [3.63, 3.8) is 0 Å². The molecule has 0 saturated heterocycles. The van der Waals surface area contributed by atoms with Crippen molar-refractivity contribution in [3.8, 4) is 5.75 Å². The van der Waals surface area contributed by atoms with E-state index in [4.69, 9.17) is 9.47 Å². The fraction of sp³-hybridized carbons (Fsp3) is 0.636. The zero-order valence-electron chi connectivity index (χ0n) is 16.6. The van der Waals surface area contributed by atoms with Gasteiger partial charge < -0.3 is 14.6 Å². The highest BCUT2D eigenvalue weighted by molar-refractivity contribution is 5.28. The average molecular weight is 360 g/mol. The minimum atomic E-state index is -0.475. The highest BCUT2D eigenvalue weighted by Crippen LogP contribution is 2.59. The molecular weight excluding hydrogens is 326 g/mol. The minimum absolute atomic E-state index is 0.385. The van der Waals surface area contributed by atoms with Gasteiger partial charge in [-0.3, -0.25) is 4.90 Å². The van der Waals surface area contributed by atoms with E-state index < -0.39 is 6.10 Å². The van der Waals surface area contributed by atoms with Crippen LogP contribution in [0.1, 0.15) is 32.3 Å². The lowest BCUT2D eigenvalue weighted by atomic mass is 9.49. The zero-order valence-corrected chi connectivity index (χ0v) is 16.6. The Balaban J connectivity index is 1.38. The first-order chi connectivity index (χ1) is 12.4. The summed E-state index contributed by atoms with van der Waals surface area (Å²) in [5.41, 5.74) is 3.05. The number of nitrogens with zero attached hydrogens (tertiary/aromatic N) is 1. The second kappa shape index (κ2) is 8.12. The molecule has 4 heteroatoms. The number of hydrogen-bond donors (Lipinski definition) is 1. The summed E-state index contributed by atoms with van der Waals surface area (Å²) in [6.07, 6.45) is 4.39. The number of hydrogen-bond acceptors (Lipinski definition) is 4. The predicted molar refractivity (Wildman–Crippen MR) is 104 cm³/mol. The maximum absolute atomic E-state index is 10.3. The van der Waals surface area contributed by atoms with Gasteiger partial charge >= 0.3 is 0 Å². The number of allylic oxidation sites excluding steroid dienone is 1. The van der Waals surface area contributed by atoms with Crippen LogP contribution in [-0.2, 0) is 11.3 Å². The zero-order chi connectivity index (χ0) is 18.7. The molecule has 26 heavy (non-hydrogen) atoms. The molecule has 0 amide bonds. The Labute approximate surface area is 157 Å². The van der Waals surface area contributed by atoms with Crippen molar-refractivity contribution < 1.29 is 14.6 Å². The molecule has 2 bridgehead atoms. The molecule has 0 radical (unpaired) electrons. The van der Waals surface area contributed by atoms with Gasteiger partial charge in [0, 0.05) is 13.1 Å². The molecule has 1 saturated carbocycles. The van der Waals surface area contributed by atoms with E-state index in [-0.39, 0.29) is 0 Å². The third-order valence-electron chi connectivity index (χ3n) is 6.27. The Kier molecular flexibility index (Phi) is 6.06. The lowest BCUT2D eigenvalue weighted by Gasteiger charge is -2.56. The molecule has 3 atom stereocenters. The van der Waals surface area contributed by atoms with Crippen molar-refractivity contribution in [2.24, 2.45) is 17.3 Å². The van der Waals surface area contributed by atoms with Crippen LogP contribution in [0.3, 0.4) is 0 Å². The molecule has 0 unspecified atom stereocenters. The second-order valence-corrected chi connectivity index (χ2v) is 8.54. The van der Waals surface area contributed by atoms with Crippen molar-refractivity contribution in [1.29, 1.82) is 0 Å². The summed E-state index contributed by atoms with van der Waals surface area (Å²) in [4.78, 5) is 2.11. The van der Waals surface area contributed by atoms with Crippen LogP contribution in [0.5, 0.6) is 5.75 Å². The van der Waals surface area contributed by atoms with E-state index in [1.165, 1.54) is 24.0 Å². The fourth-order valence-corrected chi connectivity index (χ4v) is 4.51. The summed E-state index contributed by atoms with van der Waals surface area (Å²) in [7, 11) is 3.69. The Hall–Kier alpha value is -1.36. The minimum Gasteiger partial charge on any atom is -0.497 e. The Bertz CT molecular complexity index is 640. The van der Waals surface area contributed by atoms with Crippen LogP contribution in [0.4, 0.5) is 0 Å². The van der Waals surface area contributed by atoms with Gasteiger partial charge in [-0.05, 0) is 60.4 Å². The number of methoxy groups -OCH3 is 1. The van der Waals surface area contributed by atoms with Crippen LogP contribution < -0.4 is 4.74 Å². The monoisotopic (exact) mass is 359 g/mol. The van der Waals surface area contributed by atoms with Gasteiger partial charge in [-0.15, -0.1) is 0 Å². The molecule has 144 valence electrons. The molecule has 1 aromatic carbocycles. The standard InChI is InChI=1S/C22H33NO3/c1-22(2)18-9-8-17(21(22)11-18)14-26-15-19(24)13-23(3)12-16-6-5-7-20(10-16)25-4/h5-8,10,18-19,21,24H,9,11-15H2,1-4H3/t18-,19-,21+/m1/s1. The number of likely N-dealkylation sites (N-methyl/N-ethyl adjacent to an activating group) is 1. The summed E-state index contributed by atoms with van der Waals surface area (Å²) in [6.45, 7) is 7.17. The van der Waals surface area contributed by atoms with E-state index in [0.717, 1.165) is 18.2 Å². The Morgan fingerprint density at radius 3 is 2.85 bits per heavy atom. The average Bonchev–Trinajstić information content (AvgIpc) is 2.61. The molecule has 1 fully saturated rings. The van der Waals surface area contributed by atoms with Crippen molar-refractivity contribution in [1.82, 2.24) is 4.90 Å². The molecule has 1 aromatic rings. The lowest BCUT2D eigenvalue weighted by Crippen LogP contribution is -2.48. The first-order valence-corrected chi connectivity index (χ1v) is 9.66. The van der Waals surface area contributed by atoms with Gasteiger partial charge in [0.1, 0.15) is 5.75 Å². The van der Waals surface area contributed by atoms with E-state index in [1.54, 1.807) is 7.11 Å². The molecule has 0 heterocycles. The summed E-state index contributed by atoms with van der Waals surface area (Å²) < 4.78 is 11.1.